The minimum Gasteiger partial charge on any atom is -0.508 e. The van der Waals surface area contributed by atoms with E-state index in [1.54, 1.807) is 30.0 Å². The Morgan fingerprint density at radius 2 is 2.05 bits per heavy atom. The van der Waals surface area contributed by atoms with Crippen LogP contribution in [0.3, 0.4) is 0 Å². The Bertz CT molecular complexity index is 763. The number of anilines is 1. The van der Waals surface area contributed by atoms with Crippen LogP contribution in [0.15, 0.2) is 59.0 Å². The van der Waals surface area contributed by atoms with E-state index in [-0.39, 0.29) is 11.3 Å². The first-order valence-corrected chi connectivity index (χ1v) is 7.71. The van der Waals surface area contributed by atoms with Crippen LogP contribution in [0.25, 0.3) is 6.08 Å². The van der Waals surface area contributed by atoms with Gasteiger partial charge in [-0.3, -0.25) is 4.79 Å². The molecule has 110 valence electrons. The van der Waals surface area contributed by atoms with Crippen LogP contribution in [0.2, 0.25) is 0 Å². The van der Waals surface area contributed by atoms with E-state index in [0.717, 1.165) is 4.90 Å². The molecule has 0 bridgehead atoms. The molecular weight excluding hydrogens is 296 g/mol. The van der Waals surface area contributed by atoms with Gasteiger partial charge in [0.1, 0.15) is 17.4 Å². The van der Waals surface area contributed by atoms with Crippen molar-refractivity contribution in [3.05, 3.63) is 59.7 Å². The molecule has 0 aliphatic carbocycles. The summed E-state index contributed by atoms with van der Waals surface area (Å²) < 4.78 is 0. The van der Waals surface area contributed by atoms with E-state index in [2.05, 4.69) is 5.32 Å². The third-order valence-electron chi connectivity index (χ3n) is 2.87. The van der Waals surface area contributed by atoms with Gasteiger partial charge in [-0.1, -0.05) is 18.2 Å². The second-order valence-electron chi connectivity index (χ2n) is 4.45. The van der Waals surface area contributed by atoms with Crippen LogP contribution in [0.1, 0.15) is 5.56 Å². The van der Waals surface area contributed by atoms with Gasteiger partial charge >= 0.3 is 0 Å². The summed E-state index contributed by atoms with van der Waals surface area (Å²) >= 11 is 1.57. The van der Waals surface area contributed by atoms with Crippen LogP contribution in [-0.2, 0) is 4.79 Å². The van der Waals surface area contributed by atoms with Crippen molar-refractivity contribution in [3.8, 4) is 11.8 Å². The van der Waals surface area contributed by atoms with Crippen molar-refractivity contribution >= 4 is 29.4 Å². The molecule has 0 saturated heterocycles. The number of phenols is 1. The lowest BCUT2D eigenvalue weighted by Crippen LogP contribution is -2.13. The summed E-state index contributed by atoms with van der Waals surface area (Å²) in [5, 5.41) is 21.3. The Morgan fingerprint density at radius 1 is 1.27 bits per heavy atom. The monoisotopic (exact) mass is 310 g/mol. The summed E-state index contributed by atoms with van der Waals surface area (Å²) in [7, 11) is 0. The Kier molecular flexibility index (Phi) is 5.23. The van der Waals surface area contributed by atoms with Crippen molar-refractivity contribution in [2.75, 3.05) is 11.6 Å². The van der Waals surface area contributed by atoms with E-state index >= 15 is 0 Å². The van der Waals surface area contributed by atoms with E-state index in [4.69, 9.17) is 5.26 Å². The number of nitriles is 1. The maximum absolute atomic E-state index is 12.2. The molecule has 2 rings (SSSR count). The molecule has 0 aliphatic heterocycles. The van der Waals surface area contributed by atoms with Gasteiger partial charge < -0.3 is 10.4 Å². The number of benzene rings is 2. The van der Waals surface area contributed by atoms with E-state index in [1.165, 1.54) is 18.2 Å². The third-order valence-corrected chi connectivity index (χ3v) is 3.60. The van der Waals surface area contributed by atoms with Gasteiger partial charge in [-0.15, -0.1) is 11.8 Å². The molecule has 2 N–H and O–H groups in total. The molecule has 22 heavy (non-hydrogen) atoms. The normalized spacial score (nSPS) is 10.8. The van der Waals surface area contributed by atoms with Gasteiger partial charge in [-0.25, -0.2) is 0 Å². The number of nitrogens with zero attached hydrogens (tertiary/aromatic N) is 1. The Morgan fingerprint density at radius 3 is 2.73 bits per heavy atom. The Hall–Kier alpha value is -2.71. The fourth-order valence-corrected chi connectivity index (χ4v) is 2.29. The van der Waals surface area contributed by atoms with Crippen LogP contribution in [0.4, 0.5) is 5.69 Å². The summed E-state index contributed by atoms with van der Waals surface area (Å²) in [6.07, 6.45) is 3.39. The Balaban J connectivity index is 2.20. The summed E-state index contributed by atoms with van der Waals surface area (Å²) in [6, 6.07) is 15.6. The number of hydrogen-bond acceptors (Lipinski definition) is 4. The largest absolute Gasteiger partial charge is 0.508 e. The van der Waals surface area contributed by atoms with Crippen molar-refractivity contribution in [1.29, 1.82) is 5.26 Å². The quantitative estimate of drug-likeness (QED) is 0.513. The molecular formula is C17H14N2O2S. The van der Waals surface area contributed by atoms with Gasteiger partial charge in [-0.05, 0) is 48.2 Å². The van der Waals surface area contributed by atoms with Gasteiger partial charge in [0.2, 0.25) is 0 Å². The highest BCUT2D eigenvalue weighted by Crippen LogP contribution is 2.20. The molecule has 0 saturated carbocycles. The van der Waals surface area contributed by atoms with Gasteiger partial charge in [0.05, 0.1) is 0 Å². The molecule has 0 atom stereocenters. The minimum atomic E-state index is -0.482. The summed E-state index contributed by atoms with van der Waals surface area (Å²) in [4.78, 5) is 13.2. The average Bonchev–Trinajstić information content (AvgIpc) is 2.52. The molecule has 4 nitrogen and oxygen atoms in total. The number of aromatic hydroxyl groups is 1. The molecule has 2 aromatic carbocycles. The lowest BCUT2D eigenvalue weighted by atomic mass is 10.1. The molecule has 0 unspecified atom stereocenters. The highest BCUT2D eigenvalue weighted by Gasteiger charge is 2.10. The smallest absolute Gasteiger partial charge is 0.266 e. The predicted molar refractivity (Wildman–Crippen MR) is 88.5 cm³/mol. The number of thioether (sulfide) groups is 1. The summed E-state index contributed by atoms with van der Waals surface area (Å²) in [5.41, 5.74) is 1.19. The molecule has 0 radical (unpaired) electrons. The highest BCUT2D eigenvalue weighted by molar-refractivity contribution is 7.98. The zero-order chi connectivity index (χ0) is 15.9. The standard InChI is InChI=1S/C17H14N2O2S/c1-22-16-7-3-5-14(10-16)19-17(21)13(11-18)8-12-4-2-6-15(20)9-12/h2-10,20H,1H3,(H,19,21)/b13-8+. The predicted octanol–water partition coefficient (Wildman–Crippen LogP) is 3.66. The van der Waals surface area contributed by atoms with Crippen molar-refractivity contribution in [2.45, 2.75) is 4.90 Å². The number of nitrogens with one attached hydrogen (secondary N) is 1. The molecule has 0 fully saturated rings. The topological polar surface area (TPSA) is 73.1 Å². The van der Waals surface area contributed by atoms with Crippen molar-refractivity contribution in [1.82, 2.24) is 0 Å². The van der Waals surface area contributed by atoms with Crippen LogP contribution in [0.5, 0.6) is 5.75 Å². The third kappa shape index (κ3) is 4.14. The van der Waals surface area contributed by atoms with E-state index in [0.29, 0.717) is 11.3 Å². The van der Waals surface area contributed by atoms with Gasteiger partial charge in [0, 0.05) is 10.6 Å². The number of rotatable bonds is 4. The fourth-order valence-electron chi connectivity index (χ4n) is 1.83. The molecule has 0 spiro atoms. The molecule has 0 heterocycles. The molecule has 2 aromatic rings. The van der Waals surface area contributed by atoms with Gasteiger partial charge in [0.25, 0.3) is 5.91 Å². The first kappa shape index (κ1) is 15.7. The van der Waals surface area contributed by atoms with E-state index < -0.39 is 5.91 Å². The van der Waals surface area contributed by atoms with Gasteiger partial charge in [-0.2, -0.15) is 5.26 Å². The molecule has 5 heteroatoms. The Labute approximate surface area is 133 Å². The number of carbonyl (C=O) groups excluding carboxylic acids is 1. The average molecular weight is 310 g/mol. The van der Waals surface area contributed by atoms with Crippen LogP contribution in [0, 0.1) is 11.3 Å². The molecule has 0 aliphatic rings. The van der Waals surface area contributed by atoms with Crippen molar-refractivity contribution < 1.29 is 9.90 Å². The number of phenolic OH excluding ortho intramolecular Hbond substituents is 1. The summed E-state index contributed by atoms with van der Waals surface area (Å²) in [5.74, 6) is -0.400. The zero-order valence-electron chi connectivity index (χ0n) is 11.9. The van der Waals surface area contributed by atoms with Crippen LogP contribution < -0.4 is 5.32 Å². The molecule has 1 amide bonds. The lowest BCUT2D eigenvalue weighted by Gasteiger charge is -2.06. The maximum Gasteiger partial charge on any atom is 0.266 e. The fraction of sp³-hybridized carbons (Fsp3) is 0.0588. The minimum absolute atomic E-state index is 0.0276. The number of amides is 1. The van der Waals surface area contributed by atoms with Crippen LogP contribution >= 0.6 is 11.8 Å². The van der Waals surface area contributed by atoms with Crippen molar-refractivity contribution in [2.24, 2.45) is 0 Å². The number of carbonyl (C=O) groups is 1. The van der Waals surface area contributed by atoms with E-state index in [9.17, 15) is 9.90 Å². The number of hydrogen-bond donors (Lipinski definition) is 2. The summed E-state index contributed by atoms with van der Waals surface area (Å²) in [6.45, 7) is 0. The molecule has 0 aromatic heterocycles. The van der Waals surface area contributed by atoms with E-state index in [1.807, 2.05) is 30.5 Å². The second kappa shape index (κ2) is 7.34. The lowest BCUT2D eigenvalue weighted by molar-refractivity contribution is -0.112. The van der Waals surface area contributed by atoms with Crippen LogP contribution in [-0.4, -0.2) is 17.3 Å². The second-order valence-corrected chi connectivity index (χ2v) is 5.33. The zero-order valence-corrected chi connectivity index (χ0v) is 12.7. The first-order valence-electron chi connectivity index (χ1n) is 6.48. The maximum atomic E-state index is 12.2. The van der Waals surface area contributed by atoms with Crippen molar-refractivity contribution in [3.63, 3.8) is 0 Å². The SMILES string of the molecule is CSc1cccc(NC(=O)/C(C#N)=C/c2cccc(O)c2)c1. The first-order chi connectivity index (χ1) is 10.6. The van der Waals surface area contributed by atoms with Gasteiger partial charge in [0.15, 0.2) is 0 Å². The highest BCUT2D eigenvalue weighted by atomic mass is 32.2.